The lowest BCUT2D eigenvalue weighted by molar-refractivity contribution is -0.148. The van der Waals surface area contributed by atoms with E-state index in [1.807, 2.05) is 0 Å². The maximum atomic E-state index is 11.7. The van der Waals surface area contributed by atoms with Crippen molar-refractivity contribution in [2.75, 3.05) is 6.61 Å². The lowest BCUT2D eigenvalue weighted by Gasteiger charge is -2.09. The van der Waals surface area contributed by atoms with Crippen molar-refractivity contribution < 1.29 is 9.53 Å². The number of unbranched alkanes of at least 4 members (excludes halogenated alkanes) is 11. The first kappa shape index (κ1) is 19.5. The van der Waals surface area contributed by atoms with Gasteiger partial charge in [0.1, 0.15) is 0 Å². The highest BCUT2D eigenvalue weighted by atomic mass is 16.5. The molecule has 0 aliphatic heterocycles. The Bertz CT molecular complexity index is 256. The Balaban J connectivity index is 1.73. The van der Waals surface area contributed by atoms with Crippen molar-refractivity contribution in [3.63, 3.8) is 0 Å². The Morgan fingerprint density at radius 2 is 1.23 bits per heavy atom. The molecule has 1 rings (SSSR count). The molecular formula is C20H38O2. The Morgan fingerprint density at radius 1 is 0.773 bits per heavy atom. The van der Waals surface area contributed by atoms with Gasteiger partial charge in [-0.25, -0.2) is 0 Å². The molecule has 1 aliphatic rings. The van der Waals surface area contributed by atoms with E-state index in [2.05, 4.69) is 6.92 Å². The zero-order valence-corrected chi connectivity index (χ0v) is 14.9. The van der Waals surface area contributed by atoms with E-state index in [0.717, 1.165) is 19.3 Å². The van der Waals surface area contributed by atoms with E-state index in [9.17, 15) is 4.79 Å². The highest BCUT2D eigenvalue weighted by Gasteiger charge is 2.23. The van der Waals surface area contributed by atoms with Crippen molar-refractivity contribution in [1.29, 1.82) is 0 Å². The molecule has 0 spiro atoms. The Kier molecular flexibility index (Phi) is 12.5. The molecule has 0 aromatic carbocycles. The summed E-state index contributed by atoms with van der Waals surface area (Å²) in [4.78, 5) is 11.7. The number of rotatable bonds is 14. The Hall–Kier alpha value is -0.530. The van der Waals surface area contributed by atoms with Crippen LogP contribution in [-0.4, -0.2) is 12.6 Å². The summed E-state index contributed by atoms with van der Waals surface area (Å²) >= 11 is 0. The lowest BCUT2D eigenvalue weighted by Crippen LogP contribution is -2.15. The summed E-state index contributed by atoms with van der Waals surface area (Å²) in [5.41, 5.74) is 0. The summed E-state index contributed by atoms with van der Waals surface area (Å²) in [5, 5.41) is 0. The predicted molar refractivity (Wildman–Crippen MR) is 94.0 cm³/mol. The topological polar surface area (TPSA) is 26.3 Å². The van der Waals surface area contributed by atoms with Crippen LogP contribution < -0.4 is 0 Å². The number of ether oxygens (including phenoxy) is 1. The number of hydrogen-bond acceptors (Lipinski definition) is 2. The minimum atomic E-state index is 0.0700. The number of esters is 1. The van der Waals surface area contributed by atoms with Gasteiger partial charge in [0, 0.05) is 0 Å². The minimum Gasteiger partial charge on any atom is -0.465 e. The summed E-state index contributed by atoms with van der Waals surface area (Å²) in [6.07, 6.45) is 20.7. The standard InChI is InChI=1S/C20H38O2/c1-2-3-4-5-6-7-8-9-10-11-12-15-18-22-20(21)19-16-13-14-17-19/h19H,2-18H2,1H3. The van der Waals surface area contributed by atoms with Gasteiger partial charge in [-0.3, -0.25) is 4.79 Å². The lowest BCUT2D eigenvalue weighted by atomic mass is 10.1. The van der Waals surface area contributed by atoms with Crippen LogP contribution in [0, 0.1) is 5.92 Å². The van der Waals surface area contributed by atoms with Gasteiger partial charge in [-0.2, -0.15) is 0 Å². The summed E-state index contributed by atoms with van der Waals surface area (Å²) in [7, 11) is 0. The zero-order chi connectivity index (χ0) is 15.9. The van der Waals surface area contributed by atoms with Crippen molar-refractivity contribution in [3.05, 3.63) is 0 Å². The maximum Gasteiger partial charge on any atom is 0.308 e. The van der Waals surface area contributed by atoms with Crippen molar-refractivity contribution in [2.24, 2.45) is 5.92 Å². The number of carbonyl (C=O) groups excluding carboxylic acids is 1. The van der Waals surface area contributed by atoms with Gasteiger partial charge in [0.05, 0.1) is 12.5 Å². The minimum absolute atomic E-state index is 0.0700. The highest BCUT2D eigenvalue weighted by molar-refractivity contribution is 5.72. The van der Waals surface area contributed by atoms with Crippen LogP contribution in [0.25, 0.3) is 0 Å². The van der Waals surface area contributed by atoms with Crippen LogP contribution in [0.1, 0.15) is 110 Å². The molecule has 0 aromatic rings. The van der Waals surface area contributed by atoms with Gasteiger partial charge >= 0.3 is 5.97 Å². The third-order valence-corrected chi connectivity index (χ3v) is 4.93. The van der Waals surface area contributed by atoms with Crippen LogP contribution in [0.5, 0.6) is 0 Å². The van der Waals surface area contributed by atoms with Crippen molar-refractivity contribution >= 4 is 5.97 Å². The Labute approximate surface area is 138 Å². The molecular weight excluding hydrogens is 272 g/mol. The fraction of sp³-hybridized carbons (Fsp3) is 0.950. The highest BCUT2D eigenvalue weighted by Crippen LogP contribution is 2.25. The maximum absolute atomic E-state index is 11.7. The van der Waals surface area contributed by atoms with Crippen molar-refractivity contribution in [1.82, 2.24) is 0 Å². The van der Waals surface area contributed by atoms with E-state index in [-0.39, 0.29) is 11.9 Å². The van der Waals surface area contributed by atoms with E-state index in [4.69, 9.17) is 4.74 Å². The molecule has 1 aliphatic carbocycles. The average Bonchev–Trinajstić information content (AvgIpc) is 3.06. The predicted octanol–water partition coefficient (Wildman–Crippen LogP) is 6.42. The van der Waals surface area contributed by atoms with E-state index in [0.29, 0.717) is 6.61 Å². The summed E-state index contributed by atoms with van der Waals surface area (Å²) in [6, 6.07) is 0. The van der Waals surface area contributed by atoms with E-state index >= 15 is 0 Å². The van der Waals surface area contributed by atoms with Crippen LogP contribution in [0.4, 0.5) is 0 Å². The van der Waals surface area contributed by atoms with Gasteiger partial charge in [0.25, 0.3) is 0 Å². The van der Waals surface area contributed by atoms with Gasteiger partial charge in [0.15, 0.2) is 0 Å². The largest absolute Gasteiger partial charge is 0.465 e. The van der Waals surface area contributed by atoms with Crippen LogP contribution in [-0.2, 0) is 9.53 Å². The second-order valence-electron chi connectivity index (χ2n) is 7.04. The molecule has 22 heavy (non-hydrogen) atoms. The quantitative estimate of drug-likeness (QED) is 0.273. The van der Waals surface area contributed by atoms with Gasteiger partial charge in [0.2, 0.25) is 0 Å². The van der Waals surface area contributed by atoms with Gasteiger partial charge in [-0.1, -0.05) is 90.4 Å². The van der Waals surface area contributed by atoms with Gasteiger partial charge in [-0.15, -0.1) is 0 Å². The molecule has 130 valence electrons. The molecule has 1 fully saturated rings. The summed E-state index contributed by atoms with van der Waals surface area (Å²) < 4.78 is 5.38. The molecule has 2 nitrogen and oxygen atoms in total. The van der Waals surface area contributed by atoms with E-state index in [1.165, 1.54) is 83.5 Å². The van der Waals surface area contributed by atoms with Crippen molar-refractivity contribution in [2.45, 2.75) is 110 Å². The third kappa shape index (κ3) is 10.2. The molecule has 0 heterocycles. The van der Waals surface area contributed by atoms with Crippen molar-refractivity contribution in [3.8, 4) is 0 Å². The second-order valence-corrected chi connectivity index (χ2v) is 7.04. The fourth-order valence-corrected chi connectivity index (χ4v) is 3.40. The molecule has 0 N–H and O–H groups in total. The molecule has 0 unspecified atom stereocenters. The average molecular weight is 311 g/mol. The van der Waals surface area contributed by atoms with E-state index in [1.54, 1.807) is 0 Å². The summed E-state index contributed by atoms with van der Waals surface area (Å²) in [5.74, 6) is 0.290. The molecule has 0 amide bonds. The Morgan fingerprint density at radius 3 is 1.73 bits per heavy atom. The second kappa shape index (κ2) is 14.1. The van der Waals surface area contributed by atoms with Crippen LogP contribution in [0.2, 0.25) is 0 Å². The molecule has 0 bridgehead atoms. The molecule has 2 heteroatoms. The molecule has 1 saturated carbocycles. The first-order valence-corrected chi connectivity index (χ1v) is 10.0. The normalized spacial score (nSPS) is 15.3. The van der Waals surface area contributed by atoms with Gasteiger partial charge in [-0.05, 0) is 19.3 Å². The molecule has 0 saturated heterocycles. The monoisotopic (exact) mass is 310 g/mol. The van der Waals surface area contributed by atoms with Crippen LogP contribution in [0.15, 0.2) is 0 Å². The zero-order valence-electron chi connectivity index (χ0n) is 14.9. The molecule has 0 aromatic heterocycles. The SMILES string of the molecule is CCCCCCCCCCCCCCOC(=O)C1CCCC1. The van der Waals surface area contributed by atoms with Gasteiger partial charge < -0.3 is 4.74 Å². The fourth-order valence-electron chi connectivity index (χ4n) is 3.40. The number of carbonyl (C=O) groups is 1. The first-order chi connectivity index (χ1) is 10.8. The first-order valence-electron chi connectivity index (χ1n) is 10.0. The number of hydrogen-bond donors (Lipinski definition) is 0. The smallest absolute Gasteiger partial charge is 0.308 e. The molecule has 0 radical (unpaired) electrons. The van der Waals surface area contributed by atoms with Crippen LogP contribution in [0.3, 0.4) is 0 Å². The van der Waals surface area contributed by atoms with Crippen LogP contribution >= 0.6 is 0 Å². The van der Waals surface area contributed by atoms with E-state index < -0.39 is 0 Å². The summed E-state index contributed by atoms with van der Waals surface area (Å²) in [6.45, 7) is 2.92. The third-order valence-electron chi connectivity index (χ3n) is 4.93. The molecule has 0 atom stereocenters.